The van der Waals surface area contributed by atoms with Crippen molar-refractivity contribution < 1.29 is 4.92 Å². The van der Waals surface area contributed by atoms with Crippen molar-refractivity contribution in [3.8, 4) is 0 Å². The Morgan fingerprint density at radius 2 is 2.17 bits per heavy atom. The van der Waals surface area contributed by atoms with Gasteiger partial charge >= 0.3 is 5.69 Å². The minimum atomic E-state index is -0.549. The summed E-state index contributed by atoms with van der Waals surface area (Å²) in [6, 6.07) is 4.61. The van der Waals surface area contributed by atoms with Gasteiger partial charge in [0.25, 0.3) is 0 Å². The molecule has 0 amide bonds. The fourth-order valence-corrected chi connectivity index (χ4v) is 1.80. The van der Waals surface area contributed by atoms with Crippen LogP contribution in [0.15, 0.2) is 23.1 Å². The van der Waals surface area contributed by atoms with Gasteiger partial charge in [0.15, 0.2) is 0 Å². The molecule has 0 unspecified atom stereocenters. The minimum absolute atomic E-state index is 0.102. The predicted octanol–water partition coefficient (Wildman–Crippen LogP) is 3.49. The maximum atomic E-state index is 10.5. The number of halogens is 2. The molecule has 0 saturated carbocycles. The van der Waals surface area contributed by atoms with Crippen LogP contribution in [0.5, 0.6) is 0 Å². The summed E-state index contributed by atoms with van der Waals surface area (Å²) < 4.78 is 0. The molecule has 64 valence electrons. The van der Waals surface area contributed by atoms with E-state index >= 15 is 0 Å². The molecule has 0 aliphatic carbocycles. The topological polar surface area (TPSA) is 43.1 Å². The lowest BCUT2D eigenvalue weighted by molar-refractivity contribution is -0.387. The van der Waals surface area contributed by atoms with Crippen molar-refractivity contribution >= 4 is 38.9 Å². The fourth-order valence-electron chi connectivity index (χ4n) is 0.735. The highest BCUT2D eigenvalue weighted by atomic mass is 35.7. The molecule has 0 fully saturated rings. The van der Waals surface area contributed by atoms with Crippen LogP contribution < -0.4 is 0 Å². The van der Waals surface area contributed by atoms with Crippen LogP contribution in [0.3, 0.4) is 0 Å². The summed E-state index contributed by atoms with van der Waals surface area (Å²) in [5.41, 5.74) is -0.140. The second-order valence-corrected chi connectivity index (χ2v) is 3.39. The molecule has 0 bridgehead atoms. The number of rotatable bonds is 2. The third kappa shape index (κ3) is 1.83. The number of nitro groups is 1. The van der Waals surface area contributed by atoms with Crippen LogP contribution in [0.1, 0.15) is 0 Å². The van der Waals surface area contributed by atoms with Crippen LogP contribution in [-0.4, -0.2) is 4.92 Å². The molecule has 0 aliphatic heterocycles. The van der Waals surface area contributed by atoms with E-state index in [9.17, 15) is 10.1 Å². The molecule has 0 saturated heterocycles. The number of nitrogens with zero attached hydrogens (tertiary/aromatic N) is 1. The lowest BCUT2D eigenvalue weighted by Crippen LogP contribution is -1.90. The molecule has 0 heterocycles. The lowest BCUT2D eigenvalue weighted by Gasteiger charge is -1.98. The van der Waals surface area contributed by atoms with Gasteiger partial charge in [0.05, 0.1) is 4.92 Å². The Bertz CT molecular complexity index is 318. The van der Waals surface area contributed by atoms with E-state index in [0.29, 0.717) is 4.90 Å². The van der Waals surface area contributed by atoms with E-state index in [-0.39, 0.29) is 10.7 Å². The van der Waals surface area contributed by atoms with Gasteiger partial charge in [-0.2, -0.15) is 0 Å². The van der Waals surface area contributed by atoms with Crippen LogP contribution in [0.25, 0.3) is 0 Å². The molecule has 0 radical (unpaired) electrons. The molecular formula is C6H3Cl2NO2S. The van der Waals surface area contributed by atoms with Gasteiger partial charge in [-0.15, -0.1) is 0 Å². The summed E-state index contributed by atoms with van der Waals surface area (Å²) in [6.45, 7) is 0. The van der Waals surface area contributed by atoms with E-state index < -0.39 is 4.92 Å². The Hall–Kier alpha value is -0.450. The number of hydrogen-bond acceptors (Lipinski definition) is 3. The van der Waals surface area contributed by atoms with Gasteiger partial charge in [-0.25, -0.2) is 0 Å². The highest BCUT2D eigenvalue weighted by Gasteiger charge is 2.17. The van der Waals surface area contributed by atoms with Crippen molar-refractivity contribution in [1.82, 2.24) is 0 Å². The third-order valence-corrected chi connectivity index (χ3v) is 2.51. The molecule has 0 aromatic heterocycles. The first-order valence-electron chi connectivity index (χ1n) is 2.88. The monoisotopic (exact) mass is 223 g/mol. The van der Waals surface area contributed by atoms with Gasteiger partial charge in [0.1, 0.15) is 9.92 Å². The van der Waals surface area contributed by atoms with Crippen molar-refractivity contribution in [2.24, 2.45) is 0 Å². The highest BCUT2D eigenvalue weighted by molar-refractivity contribution is 8.21. The van der Waals surface area contributed by atoms with E-state index in [4.69, 9.17) is 22.3 Å². The van der Waals surface area contributed by atoms with Gasteiger partial charge in [-0.3, -0.25) is 10.1 Å². The quantitative estimate of drug-likeness (QED) is 0.570. The molecule has 1 aromatic carbocycles. The minimum Gasteiger partial charge on any atom is -0.258 e. The van der Waals surface area contributed by atoms with E-state index in [2.05, 4.69) is 0 Å². The first-order valence-corrected chi connectivity index (χ1v) is 4.90. The summed E-state index contributed by atoms with van der Waals surface area (Å²) in [4.78, 5) is 10.3. The number of hydrogen-bond donors (Lipinski definition) is 0. The number of nitro benzene ring substituents is 1. The first-order chi connectivity index (χ1) is 5.66. The Morgan fingerprint density at radius 1 is 1.50 bits per heavy atom. The Morgan fingerprint density at radius 3 is 2.58 bits per heavy atom. The molecule has 1 rings (SSSR count). The summed E-state index contributed by atoms with van der Waals surface area (Å²) in [5.74, 6) is 0. The average molecular weight is 224 g/mol. The van der Waals surface area contributed by atoms with Crippen molar-refractivity contribution in [1.29, 1.82) is 0 Å². The van der Waals surface area contributed by atoms with Crippen molar-refractivity contribution in [2.45, 2.75) is 4.90 Å². The summed E-state index contributed by atoms with van der Waals surface area (Å²) >= 11 is 5.59. The van der Waals surface area contributed by atoms with Crippen molar-refractivity contribution in [3.63, 3.8) is 0 Å². The van der Waals surface area contributed by atoms with Gasteiger partial charge in [-0.1, -0.05) is 17.7 Å². The Labute approximate surface area is 82.3 Å². The Balaban J connectivity index is 3.29. The second kappa shape index (κ2) is 3.98. The number of para-hydroxylation sites is 1. The zero-order valence-corrected chi connectivity index (χ0v) is 7.99. The zero-order chi connectivity index (χ0) is 9.14. The van der Waals surface area contributed by atoms with Crippen molar-refractivity contribution in [2.75, 3.05) is 0 Å². The van der Waals surface area contributed by atoms with E-state index in [0.717, 1.165) is 11.0 Å². The summed E-state index contributed by atoms with van der Waals surface area (Å²) in [7, 11) is 6.19. The summed E-state index contributed by atoms with van der Waals surface area (Å²) in [6.07, 6.45) is 0. The molecule has 0 N–H and O–H groups in total. The van der Waals surface area contributed by atoms with Gasteiger partial charge in [0.2, 0.25) is 0 Å². The predicted molar refractivity (Wildman–Crippen MR) is 49.8 cm³/mol. The van der Waals surface area contributed by atoms with Crippen LogP contribution in [-0.2, 0) is 0 Å². The normalized spacial score (nSPS) is 9.83. The van der Waals surface area contributed by atoms with Crippen LogP contribution in [0, 0.1) is 10.1 Å². The number of benzene rings is 1. The molecule has 0 spiro atoms. The molecular weight excluding hydrogens is 221 g/mol. The van der Waals surface area contributed by atoms with Gasteiger partial charge in [-0.05, 0) is 33.8 Å². The first kappa shape index (κ1) is 9.64. The lowest BCUT2D eigenvalue weighted by atomic mass is 10.3. The maximum absolute atomic E-state index is 10.5. The maximum Gasteiger partial charge on any atom is 0.302 e. The van der Waals surface area contributed by atoms with Crippen LogP contribution in [0.2, 0.25) is 5.02 Å². The average Bonchev–Trinajstić information content (AvgIpc) is 2.03. The van der Waals surface area contributed by atoms with Crippen molar-refractivity contribution in [3.05, 3.63) is 33.3 Å². The molecule has 6 heteroatoms. The van der Waals surface area contributed by atoms with Crippen LogP contribution >= 0.6 is 33.3 Å². The molecule has 0 atom stereocenters. The van der Waals surface area contributed by atoms with E-state index in [1.807, 2.05) is 0 Å². The third-order valence-electron chi connectivity index (χ3n) is 1.22. The second-order valence-electron chi connectivity index (χ2n) is 1.92. The highest BCUT2D eigenvalue weighted by Crippen LogP contribution is 2.36. The van der Waals surface area contributed by atoms with E-state index in [1.165, 1.54) is 6.07 Å². The SMILES string of the molecule is O=[N+]([O-])c1c(Cl)cccc1SCl. The zero-order valence-electron chi connectivity index (χ0n) is 5.66. The smallest absolute Gasteiger partial charge is 0.258 e. The molecule has 1 aromatic rings. The molecule has 12 heavy (non-hydrogen) atoms. The fraction of sp³-hybridized carbons (Fsp3) is 0. The summed E-state index contributed by atoms with van der Waals surface area (Å²) in [5, 5.41) is 10.6. The standard InChI is InChI=1S/C6H3Cl2NO2S/c7-4-2-1-3-5(12-8)6(4)9(10)11/h1-3H. The van der Waals surface area contributed by atoms with Crippen LogP contribution in [0.4, 0.5) is 5.69 Å². The van der Waals surface area contributed by atoms with Gasteiger partial charge < -0.3 is 0 Å². The molecule has 0 aliphatic rings. The Kier molecular flexibility index (Phi) is 3.20. The molecule has 3 nitrogen and oxygen atoms in total. The van der Waals surface area contributed by atoms with E-state index in [1.54, 1.807) is 12.1 Å². The largest absolute Gasteiger partial charge is 0.302 e. The van der Waals surface area contributed by atoms with Gasteiger partial charge in [0, 0.05) is 0 Å².